The van der Waals surface area contributed by atoms with Gasteiger partial charge in [0.1, 0.15) is 0 Å². The van der Waals surface area contributed by atoms with Gasteiger partial charge in [0.15, 0.2) is 5.78 Å². The van der Waals surface area contributed by atoms with Crippen LogP contribution in [0, 0.1) is 0 Å². The van der Waals surface area contributed by atoms with E-state index in [0.717, 1.165) is 5.69 Å². The van der Waals surface area contributed by atoms with E-state index >= 15 is 0 Å². The third-order valence-electron chi connectivity index (χ3n) is 2.42. The Morgan fingerprint density at radius 2 is 2.29 bits per heavy atom. The van der Waals surface area contributed by atoms with Crippen molar-refractivity contribution in [1.29, 1.82) is 0 Å². The van der Waals surface area contributed by atoms with Crippen LogP contribution in [-0.4, -0.2) is 21.9 Å². The summed E-state index contributed by atoms with van der Waals surface area (Å²) in [6.45, 7) is 0.347. The van der Waals surface area contributed by atoms with Gasteiger partial charge in [-0.2, -0.15) is 0 Å². The van der Waals surface area contributed by atoms with Crippen LogP contribution in [0.25, 0.3) is 5.69 Å². The fourth-order valence-electron chi connectivity index (χ4n) is 1.57. The molecule has 0 amide bonds. The van der Waals surface area contributed by atoms with Crippen LogP contribution < -0.4 is 5.73 Å². The molecule has 0 saturated heterocycles. The Balaban J connectivity index is 2.32. The first kappa shape index (κ1) is 11.8. The number of hydrogen-bond acceptors (Lipinski definition) is 3. The molecule has 5 heteroatoms. The molecule has 1 aromatic carbocycles. The zero-order chi connectivity index (χ0) is 12.3. The minimum absolute atomic E-state index is 0.00609. The minimum Gasteiger partial charge on any atom is -0.330 e. The molecule has 2 aromatic rings. The fourth-order valence-corrected chi connectivity index (χ4v) is 1.84. The summed E-state index contributed by atoms with van der Waals surface area (Å²) in [6.07, 6.45) is 5.45. The Hall–Kier alpha value is -1.65. The average molecular weight is 250 g/mol. The Kier molecular flexibility index (Phi) is 3.56. The summed E-state index contributed by atoms with van der Waals surface area (Å²) in [5.74, 6) is 0.00609. The highest BCUT2D eigenvalue weighted by Gasteiger charge is 2.08. The maximum absolute atomic E-state index is 11.6. The zero-order valence-corrected chi connectivity index (χ0v) is 9.89. The molecule has 0 fully saturated rings. The third kappa shape index (κ3) is 2.54. The number of imidazole rings is 1. The van der Waals surface area contributed by atoms with Gasteiger partial charge in [0.05, 0.1) is 17.0 Å². The van der Waals surface area contributed by atoms with Crippen LogP contribution in [0.2, 0.25) is 5.02 Å². The van der Waals surface area contributed by atoms with Crippen LogP contribution in [0.1, 0.15) is 16.8 Å². The second-order valence-corrected chi connectivity index (χ2v) is 4.01. The first-order valence-corrected chi connectivity index (χ1v) is 5.61. The molecule has 0 aliphatic carbocycles. The summed E-state index contributed by atoms with van der Waals surface area (Å²) in [7, 11) is 0. The van der Waals surface area contributed by atoms with Crippen molar-refractivity contribution < 1.29 is 4.79 Å². The summed E-state index contributed by atoms with van der Waals surface area (Å²) in [5.41, 5.74) is 6.73. The van der Waals surface area contributed by atoms with Crippen molar-refractivity contribution in [2.24, 2.45) is 5.73 Å². The summed E-state index contributed by atoms with van der Waals surface area (Å²) in [6, 6.07) is 5.21. The molecule has 0 aliphatic heterocycles. The van der Waals surface area contributed by atoms with E-state index in [2.05, 4.69) is 4.98 Å². The standard InChI is InChI=1S/C12H12ClN3O/c13-10-7-9(12(17)3-4-14)1-2-11(10)16-6-5-15-8-16/h1-2,5-8H,3-4,14H2. The molecule has 2 rings (SSSR count). The molecule has 0 radical (unpaired) electrons. The third-order valence-corrected chi connectivity index (χ3v) is 2.73. The SMILES string of the molecule is NCCC(=O)c1ccc(-n2ccnc2)c(Cl)c1. The van der Waals surface area contributed by atoms with E-state index in [1.807, 2.05) is 0 Å². The number of halogens is 1. The molecule has 1 heterocycles. The molecule has 17 heavy (non-hydrogen) atoms. The van der Waals surface area contributed by atoms with Gasteiger partial charge in [0, 0.05) is 24.4 Å². The maximum Gasteiger partial charge on any atom is 0.164 e. The second kappa shape index (κ2) is 5.12. The van der Waals surface area contributed by atoms with Crippen LogP contribution in [0.3, 0.4) is 0 Å². The van der Waals surface area contributed by atoms with E-state index in [9.17, 15) is 4.79 Å². The lowest BCUT2D eigenvalue weighted by Gasteiger charge is -2.06. The normalized spacial score (nSPS) is 10.5. The highest BCUT2D eigenvalue weighted by Crippen LogP contribution is 2.22. The topological polar surface area (TPSA) is 60.9 Å². The van der Waals surface area contributed by atoms with Crippen molar-refractivity contribution >= 4 is 17.4 Å². The minimum atomic E-state index is 0.00609. The maximum atomic E-state index is 11.6. The van der Waals surface area contributed by atoms with E-state index in [1.54, 1.807) is 41.5 Å². The number of nitrogens with zero attached hydrogens (tertiary/aromatic N) is 2. The highest BCUT2D eigenvalue weighted by atomic mass is 35.5. The molecule has 0 saturated carbocycles. The first-order valence-electron chi connectivity index (χ1n) is 5.23. The van der Waals surface area contributed by atoms with Gasteiger partial charge >= 0.3 is 0 Å². The molecule has 88 valence electrons. The van der Waals surface area contributed by atoms with Crippen molar-refractivity contribution in [3.05, 3.63) is 47.5 Å². The monoisotopic (exact) mass is 249 g/mol. The molecule has 0 aliphatic rings. The number of carbonyl (C=O) groups excluding carboxylic acids is 1. The zero-order valence-electron chi connectivity index (χ0n) is 9.14. The smallest absolute Gasteiger partial charge is 0.164 e. The average Bonchev–Trinajstić information content (AvgIpc) is 2.82. The van der Waals surface area contributed by atoms with Gasteiger partial charge in [-0.3, -0.25) is 4.79 Å². The number of Topliss-reactive ketones (excluding diaryl/α,β-unsaturated/α-hetero) is 1. The van der Waals surface area contributed by atoms with E-state index < -0.39 is 0 Å². The van der Waals surface area contributed by atoms with Gasteiger partial charge in [-0.25, -0.2) is 4.98 Å². The summed E-state index contributed by atoms with van der Waals surface area (Å²) in [5, 5.41) is 0.519. The Morgan fingerprint density at radius 1 is 1.47 bits per heavy atom. The highest BCUT2D eigenvalue weighted by molar-refractivity contribution is 6.32. The van der Waals surface area contributed by atoms with Crippen LogP contribution in [-0.2, 0) is 0 Å². The van der Waals surface area contributed by atoms with Crippen LogP contribution in [0.15, 0.2) is 36.9 Å². The Morgan fingerprint density at radius 3 is 2.88 bits per heavy atom. The van der Waals surface area contributed by atoms with Gasteiger partial charge in [0.25, 0.3) is 0 Å². The summed E-state index contributed by atoms with van der Waals surface area (Å²) in [4.78, 5) is 15.6. The molecule has 0 atom stereocenters. The van der Waals surface area contributed by atoms with Gasteiger partial charge in [0.2, 0.25) is 0 Å². The number of ketones is 1. The lowest BCUT2D eigenvalue weighted by Crippen LogP contribution is -2.08. The predicted molar refractivity (Wildman–Crippen MR) is 66.6 cm³/mol. The molecule has 2 N–H and O–H groups in total. The molecule has 0 spiro atoms. The van der Waals surface area contributed by atoms with Crippen molar-refractivity contribution in [3.63, 3.8) is 0 Å². The Labute approximate surface area is 104 Å². The number of nitrogens with two attached hydrogens (primary N) is 1. The van der Waals surface area contributed by atoms with E-state index in [0.29, 0.717) is 23.6 Å². The quantitative estimate of drug-likeness (QED) is 0.844. The second-order valence-electron chi connectivity index (χ2n) is 3.60. The van der Waals surface area contributed by atoms with E-state index in [1.165, 1.54) is 0 Å². The molecule has 4 nitrogen and oxygen atoms in total. The van der Waals surface area contributed by atoms with Gasteiger partial charge in [-0.05, 0) is 24.7 Å². The summed E-state index contributed by atoms with van der Waals surface area (Å²) >= 11 is 6.13. The lowest BCUT2D eigenvalue weighted by molar-refractivity contribution is 0.0985. The summed E-state index contributed by atoms with van der Waals surface area (Å²) < 4.78 is 1.79. The van der Waals surface area contributed by atoms with Crippen LogP contribution >= 0.6 is 11.6 Å². The number of benzene rings is 1. The molecular weight excluding hydrogens is 238 g/mol. The van der Waals surface area contributed by atoms with Crippen molar-refractivity contribution in [2.75, 3.05) is 6.54 Å². The van der Waals surface area contributed by atoms with Crippen molar-refractivity contribution in [2.45, 2.75) is 6.42 Å². The fraction of sp³-hybridized carbons (Fsp3) is 0.167. The van der Waals surface area contributed by atoms with Crippen molar-refractivity contribution in [3.8, 4) is 5.69 Å². The lowest BCUT2D eigenvalue weighted by atomic mass is 10.1. The molecular formula is C12H12ClN3O. The predicted octanol–water partition coefficient (Wildman–Crippen LogP) is 2.06. The van der Waals surface area contributed by atoms with Gasteiger partial charge < -0.3 is 10.3 Å². The largest absolute Gasteiger partial charge is 0.330 e. The van der Waals surface area contributed by atoms with Gasteiger partial charge in [-0.15, -0.1) is 0 Å². The van der Waals surface area contributed by atoms with Gasteiger partial charge in [-0.1, -0.05) is 11.6 Å². The number of rotatable bonds is 4. The van der Waals surface area contributed by atoms with Crippen LogP contribution in [0.4, 0.5) is 0 Å². The molecule has 0 bridgehead atoms. The van der Waals surface area contributed by atoms with Crippen molar-refractivity contribution in [1.82, 2.24) is 9.55 Å². The molecule has 0 unspecified atom stereocenters. The molecule has 1 aromatic heterocycles. The Bertz CT molecular complexity index is 523. The van der Waals surface area contributed by atoms with E-state index in [4.69, 9.17) is 17.3 Å². The number of aromatic nitrogens is 2. The number of hydrogen-bond donors (Lipinski definition) is 1. The number of carbonyl (C=O) groups is 1. The van der Waals surface area contributed by atoms with Crippen LogP contribution in [0.5, 0.6) is 0 Å². The van der Waals surface area contributed by atoms with E-state index in [-0.39, 0.29) is 5.78 Å². The first-order chi connectivity index (χ1) is 8.22.